The van der Waals surface area contributed by atoms with Crippen molar-refractivity contribution in [3.05, 3.63) is 0 Å². The lowest BCUT2D eigenvalue weighted by Gasteiger charge is -2.32. The molecular formula is C16H32N2O4. The van der Waals surface area contributed by atoms with E-state index in [2.05, 4.69) is 10.2 Å². The molecule has 1 rings (SSSR count). The van der Waals surface area contributed by atoms with Crippen LogP contribution in [-0.4, -0.2) is 67.7 Å². The van der Waals surface area contributed by atoms with Crippen LogP contribution in [0.25, 0.3) is 0 Å². The number of carbonyl (C=O) groups is 1. The third kappa shape index (κ3) is 9.23. The Labute approximate surface area is 134 Å². The average molecular weight is 316 g/mol. The van der Waals surface area contributed by atoms with Crippen molar-refractivity contribution in [2.45, 2.75) is 58.8 Å². The Morgan fingerprint density at radius 1 is 1.14 bits per heavy atom. The molecule has 1 aliphatic heterocycles. The van der Waals surface area contributed by atoms with E-state index in [1.807, 2.05) is 41.5 Å². The molecule has 1 saturated heterocycles. The van der Waals surface area contributed by atoms with Crippen molar-refractivity contribution in [2.24, 2.45) is 0 Å². The molecule has 0 bridgehead atoms. The number of rotatable bonds is 5. The number of hydrogen-bond acceptors (Lipinski definition) is 5. The van der Waals surface area contributed by atoms with Crippen LogP contribution in [0.2, 0.25) is 0 Å². The molecule has 0 aliphatic carbocycles. The smallest absolute Gasteiger partial charge is 0.407 e. The van der Waals surface area contributed by atoms with Crippen LogP contribution in [0.4, 0.5) is 4.79 Å². The quantitative estimate of drug-likeness (QED) is 0.841. The molecule has 0 aromatic rings. The molecule has 1 fully saturated rings. The minimum atomic E-state index is -0.502. The molecule has 0 radical (unpaired) electrons. The van der Waals surface area contributed by atoms with Crippen molar-refractivity contribution in [1.29, 1.82) is 0 Å². The largest absolute Gasteiger partial charge is 0.444 e. The predicted octanol–water partition coefficient (Wildman–Crippen LogP) is 2.03. The number of alkyl carbamates (subject to hydrolysis) is 1. The van der Waals surface area contributed by atoms with Gasteiger partial charge in [0.05, 0.1) is 31.5 Å². The molecule has 1 N–H and O–H groups in total. The molecule has 130 valence electrons. The molecule has 1 heterocycles. The average Bonchev–Trinajstić information content (AvgIpc) is 2.34. The Hall–Kier alpha value is -0.850. The first-order chi connectivity index (χ1) is 10.1. The van der Waals surface area contributed by atoms with Gasteiger partial charge in [0.1, 0.15) is 5.60 Å². The van der Waals surface area contributed by atoms with E-state index in [0.29, 0.717) is 6.61 Å². The molecule has 0 aromatic heterocycles. The van der Waals surface area contributed by atoms with Gasteiger partial charge in [-0.05, 0) is 41.5 Å². The van der Waals surface area contributed by atoms with Crippen molar-refractivity contribution in [3.63, 3.8) is 0 Å². The van der Waals surface area contributed by atoms with Crippen LogP contribution in [0.5, 0.6) is 0 Å². The topological polar surface area (TPSA) is 60.0 Å². The number of nitrogens with one attached hydrogen (secondary N) is 1. The summed E-state index contributed by atoms with van der Waals surface area (Å²) in [6.45, 7) is 16.0. The Morgan fingerprint density at radius 2 is 1.73 bits per heavy atom. The molecule has 1 unspecified atom stereocenters. The fraction of sp³-hybridized carbons (Fsp3) is 0.938. The van der Waals surface area contributed by atoms with Crippen LogP contribution in [0.15, 0.2) is 0 Å². The highest BCUT2D eigenvalue weighted by Gasteiger charge is 2.24. The van der Waals surface area contributed by atoms with Crippen molar-refractivity contribution in [1.82, 2.24) is 10.2 Å². The summed E-state index contributed by atoms with van der Waals surface area (Å²) in [7, 11) is 0. The normalized spacial score (nSPS) is 18.8. The SMILES string of the molecule is CC(C)(C)OCC(CN1CCOCC1)NC(=O)OC(C)(C)C. The van der Waals surface area contributed by atoms with Gasteiger partial charge in [0.25, 0.3) is 0 Å². The summed E-state index contributed by atoms with van der Waals surface area (Å²) in [5, 5.41) is 2.92. The molecule has 1 atom stereocenters. The monoisotopic (exact) mass is 316 g/mol. The number of ether oxygens (including phenoxy) is 3. The number of carbonyl (C=O) groups excluding carboxylic acids is 1. The van der Waals surface area contributed by atoms with Crippen molar-refractivity contribution in [2.75, 3.05) is 39.5 Å². The first kappa shape index (κ1) is 19.2. The summed E-state index contributed by atoms with van der Waals surface area (Å²) in [5.74, 6) is 0. The van der Waals surface area contributed by atoms with Crippen molar-refractivity contribution in [3.8, 4) is 0 Å². The molecule has 6 heteroatoms. The Morgan fingerprint density at radius 3 is 2.23 bits per heavy atom. The van der Waals surface area contributed by atoms with Crippen LogP contribution < -0.4 is 5.32 Å². The standard InChI is InChI=1S/C16H32N2O4/c1-15(2,3)21-12-13(11-18-7-9-20-10-8-18)17-14(19)22-16(4,5)6/h13H,7-12H2,1-6H3,(H,17,19). The van der Waals surface area contributed by atoms with Crippen LogP contribution >= 0.6 is 0 Å². The Bertz CT molecular complexity index is 341. The second kappa shape index (κ2) is 8.13. The van der Waals surface area contributed by atoms with E-state index in [0.717, 1.165) is 32.8 Å². The maximum absolute atomic E-state index is 12.0. The fourth-order valence-electron chi connectivity index (χ4n) is 2.06. The van der Waals surface area contributed by atoms with Gasteiger partial charge in [0, 0.05) is 19.6 Å². The van der Waals surface area contributed by atoms with E-state index in [9.17, 15) is 4.79 Å². The van der Waals surface area contributed by atoms with E-state index in [1.165, 1.54) is 0 Å². The summed E-state index contributed by atoms with van der Waals surface area (Å²) in [6.07, 6.45) is -0.400. The molecule has 0 saturated carbocycles. The zero-order valence-electron chi connectivity index (χ0n) is 14.9. The number of morpholine rings is 1. The third-order valence-corrected chi connectivity index (χ3v) is 3.02. The maximum atomic E-state index is 12.0. The van der Waals surface area contributed by atoms with E-state index < -0.39 is 11.7 Å². The van der Waals surface area contributed by atoms with Gasteiger partial charge in [-0.25, -0.2) is 4.79 Å². The first-order valence-corrected chi connectivity index (χ1v) is 7.99. The van der Waals surface area contributed by atoms with Crippen molar-refractivity contribution >= 4 is 6.09 Å². The van der Waals surface area contributed by atoms with Gasteiger partial charge in [-0.2, -0.15) is 0 Å². The highest BCUT2D eigenvalue weighted by atomic mass is 16.6. The van der Waals surface area contributed by atoms with E-state index >= 15 is 0 Å². The van der Waals surface area contributed by atoms with Gasteiger partial charge in [0.2, 0.25) is 0 Å². The summed E-state index contributed by atoms with van der Waals surface area (Å²) in [5.41, 5.74) is -0.739. The molecule has 6 nitrogen and oxygen atoms in total. The lowest BCUT2D eigenvalue weighted by Crippen LogP contribution is -2.51. The lowest BCUT2D eigenvalue weighted by atomic mass is 10.2. The highest BCUT2D eigenvalue weighted by molar-refractivity contribution is 5.68. The minimum absolute atomic E-state index is 0.104. The second-order valence-corrected chi connectivity index (χ2v) is 7.68. The lowest BCUT2D eigenvalue weighted by molar-refractivity contribution is -0.0278. The Balaban J connectivity index is 2.54. The van der Waals surface area contributed by atoms with Crippen molar-refractivity contribution < 1.29 is 19.0 Å². The molecule has 0 spiro atoms. The predicted molar refractivity (Wildman–Crippen MR) is 86.1 cm³/mol. The van der Waals surface area contributed by atoms with Crippen LogP contribution in [0.3, 0.4) is 0 Å². The van der Waals surface area contributed by atoms with Gasteiger partial charge < -0.3 is 19.5 Å². The third-order valence-electron chi connectivity index (χ3n) is 3.02. The number of amides is 1. The minimum Gasteiger partial charge on any atom is -0.444 e. The van der Waals surface area contributed by atoms with Gasteiger partial charge in [0.15, 0.2) is 0 Å². The summed E-state index contributed by atoms with van der Waals surface area (Å²) in [4.78, 5) is 14.3. The van der Waals surface area contributed by atoms with Gasteiger partial charge in [-0.1, -0.05) is 0 Å². The van der Waals surface area contributed by atoms with Gasteiger partial charge in [-0.15, -0.1) is 0 Å². The molecule has 0 aromatic carbocycles. The van der Waals surface area contributed by atoms with Crippen LogP contribution in [0.1, 0.15) is 41.5 Å². The number of hydrogen-bond donors (Lipinski definition) is 1. The molecule has 22 heavy (non-hydrogen) atoms. The van der Waals surface area contributed by atoms with E-state index in [4.69, 9.17) is 14.2 Å². The van der Waals surface area contributed by atoms with E-state index in [-0.39, 0.29) is 11.6 Å². The van der Waals surface area contributed by atoms with Crippen LogP contribution in [-0.2, 0) is 14.2 Å². The molecular weight excluding hydrogens is 284 g/mol. The highest BCUT2D eigenvalue weighted by Crippen LogP contribution is 2.10. The molecule has 1 aliphatic rings. The Kier molecular flexibility index (Phi) is 7.09. The first-order valence-electron chi connectivity index (χ1n) is 7.99. The number of nitrogens with zero attached hydrogens (tertiary/aromatic N) is 1. The zero-order chi connectivity index (χ0) is 16.8. The van der Waals surface area contributed by atoms with Gasteiger partial charge >= 0.3 is 6.09 Å². The molecule has 1 amide bonds. The summed E-state index contributed by atoms with van der Waals surface area (Å²) < 4.78 is 16.5. The summed E-state index contributed by atoms with van der Waals surface area (Å²) in [6, 6.07) is -0.104. The fourth-order valence-corrected chi connectivity index (χ4v) is 2.06. The van der Waals surface area contributed by atoms with Crippen LogP contribution in [0, 0.1) is 0 Å². The maximum Gasteiger partial charge on any atom is 0.407 e. The second-order valence-electron chi connectivity index (χ2n) is 7.68. The summed E-state index contributed by atoms with van der Waals surface area (Å²) >= 11 is 0. The van der Waals surface area contributed by atoms with E-state index in [1.54, 1.807) is 0 Å². The van der Waals surface area contributed by atoms with Gasteiger partial charge in [-0.3, -0.25) is 4.90 Å². The zero-order valence-corrected chi connectivity index (χ0v) is 14.9.